The summed E-state index contributed by atoms with van der Waals surface area (Å²) >= 11 is 1.21. The van der Waals surface area contributed by atoms with Crippen molar-refractivity contribution in [3.05, 3.63) is 115 Å². The molecule has 0 spiro atoms. The van der Waals surface area contributed by atoms with Crippen LogP contribution in [0, 0.1) is 0 Å². The Morgan fingerprint density at radius 2 is 1.71 bits per heavy atom. The van der Waals surface area contributed by atoms with E-state index in [0.717, 1.165) is 5.56 Å². The van der Waals surface area contributed by atoms with E-state index < -0.39 is 18.0 Å². The third-order valence-electron chi connectivity index (χ3n) is 6.32. The molecular weight excluding hydrogens is 544 g/mol. The monoisotopic (exact) mass is 570 g/mol. The average molecular weight is 571 g/mol. The van der Waals surface area contributed by atoms with Gasteiger partial charge in [-0.25, -0.2) is 9.79 Å². The quantitative estimate of drug-likeness (QED) is 0.243. The fourth-order valence-corrected chi connectivity index (χ4v) is 5.59. The van der Waals surface area contributed by atoms with Crippen molar-refractivity contribution in [2.45, 2.75) is 19.9 Å². The summed E-state index contributed by atoms with van der Waals surface area (Å²) in [5.41, 5.74) is 1.63. The summed E-state index contributed by atoms with van der Waals surface area (Å²) in [5.74, 6) is 0.694. The number of nitrogens with zero attached hydrogens (tertiary/aromatic N) is 2. The summed E-state index contributed by atoms with van der Waals surface area (Å²) in [4.78, 5) is 43.4. The van der Waals surface area contributed by atoms with Gasteiger partial charge in [0.1, 0.15) is 11.5 Å². The van der Waals surface area contributed by atoms with Crippen molar-refractivity contribution in [2.24, 2.45) is 4.99 Å². The first kappa shape index (κ1) is 27.6. The lowest BCUT2D eigenvalue weighted by Gasteiger charge is -2.25. The van der Waals surface area contributed by atoms with E-state index in [1.807, 2.05) is 54.6 Å². The number of fused-ring (bicyclic) bond motifs is 1. The largest absolute Gasteiger partial charge is 0.493 e. The molecule has 0 radical (unpaired) electrons. The molecule has 1 unspecified atom stereocenters. The smallest absolute Gasteiger partial charge is 0.338 e. The summed E-state index contributed by atoms with van der Waals surface area (Å²) < 4.78 is 23.6. The van der Waals surface area contributed by atoms with Crippen LogP contribution in [0.4, 0.5) is 0 Å². The molecule has 0 N–H and O–H groups in total. The van der Waals surface area contributed by atoms with Gasteiger partial charge in [-0.15, -0.1) is 0 Å². The van der Waals surface area contributed by atoms with Crippen molar-refractivity contribution in [3.8, 4) is 23.0 Å². The van der Waals surface area contributed by atoms with Gasteiger partial charge in [-0.2, -0.15) is 0 Å². The van der Waals surface area contributed by atoms with E-state index in [9.17, 15) is 14.4 Å². The number of para-hydroxylation sites is 1. The van der Waals surface area contributed by atoms with E-state index in [1.54, 1.807) is 31.2 Å². The summed E-state index contributed by atoms with van der Waals surface area (Å²) in [6.07, 6.45) is 1.76. The summed E-state index contributed by atoms with van der Waals surface area (Å²) in [6.45, 7) is 2.99. The molecule has 0 fully saturated rings. The van der Waals surface area contributed by atoms with Gasteiger partial charge in [-0.3, -0.25) is 14.2 Å². The molecule has 10 heteroatoms. The van der Waals surface area contributed by atoms with Crippen LogP contribution in [-0.2, 0) is 14.3 Å². The van der Waals surface area contributed by atoms with Gasteiger partial charge in [0.2, 0.25) is 0 Å². The summed E-state index contributed by atoms with van der Waals surface area (Å²) in [6, 6.07) is 20.8. The lowest BCUT2D eigenvalue weighted by atomic mass is 9.95. The van der Waals surface area contributed by atoms with Crippen LogP contribution < -0.4 is 29.1 Å². The zero-order chi connectivity index (χ0) is 29.1. The Hall–Kier alpha value is -4.96. The molecule has 1 atom stereocenters. The van der Waals surface area contributed by atoms with Crippen molar-refractivity contribution in [2.75, 3.05) is 14.2 Å². The minimum atomic E-state index is -0.853. The molecule has 2 heterocycles. The number of rotatable bonds is 7. The van der Waals surface area contributed by atoms with Crippen molar-refractivity contribution < 1.29 is 28.5 Å². The van der Waals surface area contributed by atoms with Gasteiger partial charge in [0.15, 0.2) is 16.3 Å². The number of methoxy groups -OCH3 is 2. The number of thiazole rings is 1. The van der Waals surface area contributed by atoms with Crippen LogP contribution in [0.25, 0.3) is 6.08 Å². The second-order valence-corrected chi connectivity index (χ2v) is 10.1. The van der Waals surface area contributed by atoms with Crippen molar-refractivity contribution in [1.29, 1.82) is 0 Å². The van der Waals surface area contributed by atoms with Crippen LogP contribution in [0.2, 0.25) is 0 Å². The van der Waals surface area contributed by atoms with Gasteiger partial charge in [0.25, 0.3) is 5.56 Å². The number of carbonyl (C=O) groups excluding carboxylic acids is 2. The highest BCUT2D eigenvalue weighted by Crippen LogP contribution is 2.36. The number of benzene rings is 3. The predicted molar refractivity (Wildman–Crippen MR) is 153 cm³/mol. The number of ether oxygens (including phenoxy) is 4. The highest BCUT2D eigenvalue weighted by molar-refractivity contribution is 7.07. The molecule has 4 aromatic rings. The third kappa shape index (κ3) is 5.68. The van der Waals surface area contributed by atoms with Crippen molar-refractivity contribution in [1.82, 2.24) is 4.57 Å². The Morgan fingerprint density at radius 3 is 2.41 bits per heavy atom. The summed E-state index contributed by atoms with van der Waals surface area (Å²) in [5, 5.41) is 0. The molecule has 0 aliphatic carbocycles. The number of allylic oxidation sites excluding steroid dienone is 1. The molecule has 1 aliphatic rings. The molecule has 0 saturated carbocycles. The molecule has 0 saturated heterocycles. The van der Waals surface area contributed by atoms with Crippen molar-refractivity contribution >= 4 is 29.4 Å². The maximum Gasteiger partial charge on any atom is 0.338 e. The Bertz CT molecular complexity index is 1860. The van der Waals surface area contributed by atoms with E-state index >= 15 is 0 Å². The highest BCUT2D eigenvalue weighted by atomic mass is 32.1. The minimum Gasteiger partial charge on any atom is -0.493 e. The molecule has 9 nitrogen and oxygen atoms in total. The van der Waals surface area contributed by atoms with Crippen LogP contribution in [0.15, 0.2) is 93.9 Å². The maximum absolute atomic E-state index is 13.9. The van der Waals surface area contributed by atoms with Gasteiger partial charge in [-0.05, 0) is 60.5 Å². The highest BCUT2D eigenvalue weighted by Gasteiger charge is 2.33. The minimum absolute atomic E-state index is 0.215. The predicted octanol–water partition coefficient (Wildman–Crippen LogP) is 4.13. The molecule has 0 bridgehead atoms. The van der Waals surface area contributed by atoms with Gasteiger partial charge < -0.3 is 18.9 Å². The van der Waals surface area contributed by atoms with Crippen LogP contribution in [0.1, 0.15) is 31.0 Å². The van der Waals surface area contributed by atoms with Crippen LogP contribution >= 0.6 is 11.3 Å². The fourth-order valence-electron chi connectivity index (χ4n) is 4.55. The number of aromatic nitrogens is 1. The van der Waals surface area contributed by atoms with Crippen molar-refractivity contribution in [3.63, 3.8) is 0 Å². The lowest BCUT2D eigenvalue weighted by Crippen LogP contribution is -2.39. The first-order valence-corrected chi connectivity index (χ1v) is 13.4. The van der Waals surface area contributed by atoms with Crippen LogP contribution in [-0.4, -0.2) is 30.7 Å². The third-order valence-corrected chi connectivity index (χ3v) is 7.30. The lowest BCUT2D eigenvalue weighted by molar-refractivity contribution is -0.136. The Kier molecular flexibility index (Phi) is 7.84. The van der Waals surface area contributed by atoms with E-state index in [0.29, 0.717) is 32.1 Å². The second kappa shape index (κ2) is 11.6. The molecule has 208 valence electrons. The standard InChI is InChI=1S/C31H26N2O7S/c1-18-27(30(36)38-4)28(21-13-14-24(39-19(2)34)25(17-21)37-3)33-29(35)26(41-31(33)32-18)16-20-9-8-12-23(15-20)40-22-10-6-5-7-11-22/h5-17,28H,1-4H3/b26-16+. The second-order valence-electron chi connectivity index (χ2n) is 9.06. The van der Waals surface area contributed by atoms with E-state index in [2.05, 4.69) is 4.99 Å². The van der Waals surface area contributed by atoms with E-state index in [1.165, 1.54) is 37.0 Å². The Morgan fingerprint density at radius 1 is 0.951 bits per heavy atom. The number of hydrogen-bond acceptors (Lipinski definition) is 9. The van der Waals surface area contributed by atoms with Gasteiger partial charge in [-0.1, -0.05) is 47.7 Å². The van der Waals surface area contributed by atoms with E-state index in [-0.39, 0.29) is 22.6 Å². The normalized spacial score (nSPS) is 14.6. The molecular formula is C31H26N2O7S. The maximum atomic E-state index is 13.9. The zero-order valence-electron chi connectivity index (χ0n) is 22.7. The fraction of sp³-hybridized carbons (Fsp3) is 0.161. The van der Waals surface area contributed by atoms with Gasteiger partial charge in [0.05, 0.1) is 36.1 Å². The zero-order valence-corrected chi connectivity index (χ0v) is 23.6. The Labute approximate surface area is 239 Å². The van der Waals surface area contributed by atoms with Gasteiger partial charge >= 0.3 is 11.9 Å². The summed E-state index contributed by atoms with van der Waals surface area (Å²) in [7, 11) is 2.72. The molecule has 5 rings (SSSR count). The first-order valence-electron chi connectivity index (χ1n) is 12.6. The molecule has 1 aromatic heterocycles. The Balaban J connectivity index is 1.63. The SMILES string of the molecule is COC(=O)C1=C(C)N=c2s/c(=C/c3cccc(Oc4ccccc4)c3)c(=O)n2C1c1ccc(OC(C)=O)c(OC)c1. The van der Waals surface area contributed by atoms with Crippen LogP contribution in [0.3, 0.4) is 0 Å². The number of carbonyl (C=O) groups is 2. The molecule has 1 aliphatic heterocycles. The molecule has 41 heavy (non-hydrogen) atoms. The molecule has 0 amide bonds. The first-order chi connectivity index (χ1) is 19.8. The van der Waals surface area contributed by atoms with Crippen LogP contribution in [0.5, 0.6) is 23.0 Å². The topological polar surface area (TPSA) is 105 Å². The average Bonchev–Trinajstić information content (AvgIpc) is 3.26. The number of esters is 2. The van der Waals surface area contributed by atoms with Gasteiger partial charge in [0, 0.05) is 6.92 Å². The van der Waals surface area contributed by atoms with E-state index in [4.69, 9.17) is 18.9 Å². The number of hydrogen-bond donors (Lipinski definition) is 0. The molecule has 3 aromatic carbocycles.